The van der Waals surface area contributed by atoms with Gasteiger partial charge in [0.15, 0.2) is 0 Å². The SMILES string of the molecule is CCOC(C)(C)/C=C(\C#N)C(=O)N1CCCC(NC(=O)[C@@H]2Sc3nccc4c3C2NC(=O)N4c2ccc(Oc3ccccc3)nc2C)C1. The molecule has 0 saturated carbocycles. The number of likely N-dealkylation sites (tertiary alicyclic amines) is 1. The number of carbonyl (C=O) groups excluding carboxylic acids is 3. The average molecular weight is 668 g/mol. The second kappa shape index (κ2) is 13.7. The van der Waals surface area contributed by atoms with E-state index < -0.39 is 16.9 Å². The molecule has 0 aliphatic carbocycles. The predicted molar refractivity (Wildman–Crippen MR) is 180 cm³/mol. The molecule has 0 radical (unpaired) electrons. The maximum atomic E-state index is 13.8. The van der Waals surface area contributed by atoms with Crippen molar-refractivity contribution in [2.24, 2.45) is 0 Å². The van der Waals surface area contributed by atoms with E-state index in [2.05, 4.69) is 20.6 Å². The Morgan fingerprint density at radius 2 is 1.98 bits per heavy atom. The molecule has 13 heteroatoms. The number of nitriles is 1. The fourth-order valence-corrected chi connectivity index (χ4v) is 7.57. The van der Waals surface area contributed by atoms with Crippen LogP contribution in [0.25, 0.3) is 0 Å². The van der Waals surface area contributed by atoms with Crippen LogP contribution >= 0.6 is 11.8 Å². The highest BCUT2D eigenvalue weighted by atomic mass is 32.2. The van der Waals surface area contributed by atoms with Gasteiger partial charge in [-0.05, 0) is 70.9 Å². The number of para-hydroxylation sites is 1. The number of nitrogens with one attached hydrogen (secondary N) is 2. The van der Waals surface area contributed by atoms with Crippen molar-refractivity contribution in [2.75, 3.05) is 24.6 Å². The number of anilines is 2. The molecule has 3 atom stereocenters. The average Bonchev–Trinajstić information content (AvgIpc) is 3.44. The topological polar surface area (TPSA) is 150 Å². The van der Waals surface area contributed by atoms with Gasteiger partial charge in [0.25, 0.3) is 5.91 Å². The van der Waals surface area contributed by atoms with Crippen molar-refractivity contribution in [3.8, 4) is 17.7 Å². The third-order valence-electron chi connectivity index (χ3n) is 8.42. The molecule has 6 rings (SSSR count). The molecule has 0 spiro atoms. The maximum Gasteiger partial charge on any atom is 0.327 e. The molecule has 248 valence electrons. The number of hydrogen-bond acceptors (Lipinski definition) is 9. The van der Waals surface area contributed by atoms with Crippen LogP contribution in [-0.4, -0.2) is 69.3 Å². The Morgan fingerprint density at radius 3 is 2.71 bits per heavy atom. The summed E-state index contributed by atoms with van der Waals surface area (Å²) in [5, 5.41) is 15.9. The zero-order valence-corrected chi connectivity index (χ0v) is 28.0. The van der Waals surface area contributed by atoms with Crippen molar-refractivity contribution in [3.05, 3.63) is 77.6 Å². The van der Waals surface area contributed by atoms with Gasteiger partial charge >= 0.3 is 6.03 Å². The summed E-state index contributed by atoms with van der Waals surface area (Å²) in [5.41, 5.74) is 1.83. The summed E-state index contributed by atoms with van der Waals surface area (Å²) in [7, 11) is 0. The lowest BCUT2D eigenvalue weighted by molar-refractivity contribution is -0.129. The van der Waals surface area contributed by atoms with E-state index in [0.29, 0.717) is 59.7 Å². The van der Waals surface area contributed by atoms with Gasteiger partial charge in [0.2, 0.25) is 11.8 Å². The second-order valence-corrected chi connectivity index (χ2v) is 13.5. The largest absolute Gasteiger partial charge is 0.439 e. The summed E-state index contributed by atoms with van der Waals surface area (Å²) >= 11 is 1.31. The van der Waals surface area contributed by atoms with Crippen LogP contribution in [0.3, 0.4) is 0 Å². The molecule has 0 bridgehead atoms. The first-order chi connectivity index (χ1) is 23.1. The highest BCUT2D eigenvalue weighted by Crippen LogP contribution is 2.51. The van der Waals surface area contributed by atoms with Crippen LogP contribution in [0.15, 0.2) is 71.4 Å². The van der Waals surface area contributed by atoms with Crippen molar-refractivity contribution in [1.82, 2.24) is 25.5 Å². The maximum absolute atomic E-state index is 13.8. The molecule has 3 aliphatic rings. The van der Waals surface area contributed by atoms with Gasteiger partial charge in [0, 0.05) is 43.6 Å². The van der Waals surface area contributed by atoms with Gasteiger partial charge in [-0.2, -0.15) is 5.26 Å². The van der Waals surface area contributed by atoms with Crippen molar-refractivity contribution in [3.63, 3.8) is 0 Å². The fraction of sp³-hybridized carbons (Fsp3) is 0.371. The molecule has 5 heterocycles. The molecule has 1 aromatic carbocycles. The number of hydrogen-bond donors (Lipinski definition) is 2. The molecule has 4 amide bonds. The van der Waals surface area contributed by atoms with Crippen LogP contribution in [0.2, 0.25) is 0 Å². The summed E-state index contributed by atoms with van der Waals surface area (Å²) in [4.78, 5) is 53.1. The van der Waals surface area contributed by atoms with Crippen molar-refractivity contribution in [1.29, 1.82) is 5.26 Å². The van der Waals surface area contributed by atoms with E-state index in [0.717, 1.165) is 5.56 Å². The highest BCUT2D eigenvalue weighted by molar-refractivity contribution is 8.01. The summed E-state index contributed by atoms with van der Waals surface area (Å²) in [6.07, 6.45) is 4.54. The Balaban J connectivity index is 1.16. The number of urea groups is 1. The van der Waals surface area contributed by atoms with Crippen LogP contribution in [0.5, 0.6) is 11.6 Å². The van der Waals surface area contributed by atoms with Crippen LogP contribution in [0, 0.1) is 18.3 Å². The Kier molecular flexibility index (Phi) is 9.39. The lowest BCUT2D eigenvalue weighted by Gasteiger charge is -2.36. The fourth-order valence-electron chi connectivity index (χ4n) is 6.33. The van der Waals surface area contributed by atoms with Crippen molar-refractivity contribution in [2.45, 2.75) is 68.5 Å². The first-order valence-corrected chi connectivity index (χ1v) is 16.8. The van der Waals surface area contributed by atoms with E-state index in [9.17, 15) is 19.6 Å². The smallest absolute Gasteiger partial charge is 0.327 e. The highest BCUT2D eigenvalue weighted by Gasteiger charge is 2.47. The van der Waals surface area contributed by atoms with Crippen LogP contribution in [0.4, 0.5) is 16.2 Å². The van der Waals surface area contributed by atoms with Gasteiger partial charge in [-0.15, -0.1) is 0 Å². The predicted octanol–water partition coefficient (Wildman–Crippen LogP) is 5.33. The zero-order chi connectivity index (χ0) is 34.0. The molecule has 1 saturated heterocycles. The van der Waals surface area contributed by atoms with Crippen molar-refractivity contribution < 1.29 is 23.9 Å². The van der Waals surface area contributed by atoms with E-state index >= 15 is 0 Å². The number of nitrogens with zero attached hydrogens (tertiary/aromatic N) is 5. The Labute approximate surface area is 283 Å². The number of amides is 4. The minimum absolute atomic E-state index is 0.0131. The Hall–Kier alpha value is -4.93. The summed E-state index contributed by atoms with van der Waals surface area (Å²) in [6, 6.07) is 15.3. The van der Waals surface area contributed by atoms with E-state index in [-0.39, 0.29) is 36.0 Å². The number of aryl methyl sites for hydroxylation is 1. The molecule has 48 heavy (non-hydrogen) atoms. The van der Waals surface area contributed by atoms with Crippen LogP contribution in [0.1, 0.15) is 50.9 Å². The first-order valence-electron chi connectivity index (χ1n) is 15.9. The first kappa shape index (κ1) is 33.0. The molecular weight excluding hydrogens is 630 g/mol. The second-order valence-electron chi connectivity index (χ2n) is 12.3. The lowest BCUT2D eigenvalue weighted by Crippen LogP contribution is -2.54. The number of piperidine rings is 1. The quantitative estimate of drug-likeness (QED) is 0.228. The number of pyridine rings is 2. The number of thioether (sulfide) groups is 1. The standard InChI is InChI=1S/C35H37N7O5S/c1-5-46-35(3,4)18-22(19-36)33(44)41-17-9-10-23(20-41)39-31(43)30-29-28-26(15-16-37-32(28)48-30)42(34(45)40-29)25-13-14-27(38-21(25)2)47-24-11-7-6-8-12-24/h6-8,11-16,18,23,29-30H,5,9-10,17,20H2,1-4H3,(H,39,43)(H,40,45)/b22-18+/t23?,29?,30-/m1/s1. The molecule has 2 aromatic heterocycles. The van der Waals surface area contributed by atoms with Gasteiger partial charge in [-0.3, -0.25) is 14.5 Å². The number of ether oxygens (including phenoxy) is 2. The van der Waals surface area contributed by atoms with Crippen LogP contribution in [-0.2, 0) is 14.3 Å². The minimum Gasteiger partial charge on any atom is -0.439 e. The molecular formula is C35H37N7O5S. The minimum atomic E-state index is -0.768. The van der Waals surface area contributed by atoms with Gasteiger partial charge in [0.1, 0.15) is 27.7 Å². The van der Waals surface area contributed by atoms with Gasteiger partial charge < -0.3 is 25.0 Å². The zero-order valence-electron chi connectivity index (χ0n) is 27.2. The third-order valence-corrected chi connectivity index (χ3v) is 9.71. The number of benzene rings is 1. The molecule has 12 nitrogen and oxygen atoms in total. The van der Waals surface area contributed by atoms with Crippen LogP contribution < -0.4 is 20.3 Å². The number of rotatable bonds is 9. The van der Waals surface area contributed by atoms with Gasteiger partial charge in [-0.25, -0.2) is 14.8 Å². The monoisotopic (exact) mass is 667 g/mol. The van der Waals surface area contributed by atoms with E-state index in [1.807, 2.05) is 50.2 Å². The number of aromatic nitrogens is 2. The summed E-state index contributed by atoms with van der Waals surface area (Å²) in [6.45, 7) is 8.47. The Morgan fingerprint density at radius 1 is 1.19 bits per heavy atom. The van der Waals surface area contributed by atoms with E-state index in [1.165, 1.54) is 11.8 Å². The molecule has 3 aliphatic heterocycles. The number of carbonyl (C=O) groups is 3. The Bertz CT molecular complexity index is 1810. The van der Waals surface area contributed by atoms with Crippen molar-refractivity contribution >= 4 is 41.0 Å². The molecule has 3 aromatic rings. The summed E-state index contributed by atoms with van der Waals surface area (Å²) < 4.78 is 11.5. The normalized spacial score (nSPS) is 20.4. The van der Waals surface area contributed by atoms with Gasteiger partial charge in [0.05, 0.1) is 28.7 Å². The molecule has 2 unspecified atom stereocenters. The van der Waals surface area contributed by atoms with E-state index in [4.69, 9.17) is 9.47 Å². The van der Waals surface area contributed by atoms with E-state index in [1.54, 1.807) is 54.1 Å². The molecule has 1 fully saturated rings. The molecule has 2 N–H and O–H groups in total. The third kappa shape index (κ3) is 6.72. The van der Waals surface area contributed by atoms with Gasteiger partial charge in [-0.1, -0.05) is 30.0 Å². The summed E-state index contributed by atoms with van der Waals surface area (Å²) in [5.74, 6) is 0.421. The lowest BCUT2D eigenvalue weighted by atomic mass is 9.98.